The highest BCUT2D eigenvalue weighted by Crippen LogP contribution is 2.33. The highest BCUT2D eigenvalue weighted by atomic mass is 16.5. The third kappa shape index (κ3) is 6.95. The fraction of sp³-hybridized carbons (Fsp3) is 0.303. The minimum atomic E-state index is -0.238. The number of rotatable bonds is 12. The quantitative estimate of drug-likeness (QED) is 0.198. The van der Waals surface area contributed by atoms with Gasteiger partial charge in [-0.3, -0.25) is 14.4 Å². The van der Waals surface area contributed by atoms with Gasteiger partial charge in [0.25, 0.3) is 17.7 Å². The summed E-state index contributed by atoms with van der Waals surface area (Å²) in [6.07, 6.45) is 5.59. The first-order valence-corrected chi connectivity index (χ1v) is 14.9. The minimum absolute atomic E-state index is 0.0698. The molecule has 3 amide bonds. The number of nitrogens with two attached hydrogens (primary N) is 1. The van der Waals surface area contributed by atoms with Crippen molar-refractivity contribution in [2.24, 2.45) is 5.73 Å². The first-order valence-electron chi connectivity index (χ1n) is 14.9. The lowest BCUT2D eigenvalue weighted by Crippen LogP contribution is -2.33. The van der Waals surface area contributed by atoms with Gasteiger partial charge in [-0.25, -0.2) is 0 Å². The predicted octanol–water partition coefficient (Wildman–Crippen LogP) is 4.80. The van der Waals surface area contributed by atoms with Gasteiger partial charge < -0.3 is 30.4 Å². The molecular formula is C33H34N6O5. The van der Waals surface area contributed by atoms with E-state index < -0.39 is 0 Å². The van der Waals surface area contributed by atoms with Gasteiger partial charge >= 0.3 is 0 Å². The van der Waals surface area contributed by atoms with Crippen molar-refractivity contribution in [3.8, 4) is 17.2 Å². The number of nitrogens with zero attached hydrogens (tertiary/aromatic N) is 3. The number of anilines is 2. The molecule has 0 saturated heterocycles. The molecule has 0 bridgehead atoms. The zero-order chi connectivity index (χ0) is 30.5. The van der Waals surface area contributed by atoms with E-state index in [0.29, 0.717) is 53.1 Å². The molecule has 1 saturated carbocycles. The molecule has 0 atom stereocenters. The highest BCUT2D eigenvalue weighted by molar-refractivity contribution is 6.04. The number of nitrogens with one attached hydrogen (secondary N) is 2. The second kappa shape index (κ2) is 13.1. The Bertz CT molecular complexity index is 1650. The van der Waals surface area contributed by atoms with Crippen molar-refractivity contribution >= 4 is 29.1 Å². The largest absolute Gasteiger partial charge is 0.482 e. The maximum Gasteiger partial charge on any atom is 0.262 e. The van der Waals surface area contributed by atoms with Crippen LogP contribution in [0.5, 0.6) is 5.75 Å². The van der Waals surface area contributed by atoms with E-state index in [1.165, 1.54) is 0 Å². The summed E-state index contributed by atoms with van der Waals surface area (Å²) in [7, 11) is 0. The Hall–Kier alpha value is -5.03. The average molecular weight is 595 g/mol. The van der Waals surface area contributed by atoms with Crippen molar-refractivity contribution in [3.63, 3.8) is 0 Å². The molecule has 1 fully saturated rings. The Morgan fingerprint density at radius 1 is 0.955 bits per heavy atom. The monoisotopic (exact) mass is 594 g/mol. The highest BCUT2D eigenvalue weighted by Gasteiger charge is 2.33. The number of hydrogen-bond donors (Lipinski definition) is 3. The Balaban J connectivity index is 1.05. The number of carbonyl (C=O) groups excluding carboxylic acids is 3. The van der Waals surface area contributed by atoms with Gasteiger partial charge in [-0.05, 0) is 92.4 Å². The number of fused-ring (bicyclic) bond motifs is 1. The Labute approximate surface area is 254 Å². The van der Waals surface area contributed by atoms with Crippen LogP contribution >= 0.6 is 0 Å². The van der Waals surface area contributed by atoms with Gasteiger partial charge in [-0.2, -0.15) is 0 Å². The number of amides is 3. The molecule has 0 unspecified atom stereocenters. The lowest BCUT2D eigenvalue weighted by molar-refractivity contribution is -0.118. The van der Waals surface area contributed by atoms with E-state index in [-0.39, 0.29) is 30.4 Å². The molecule has 11 nitrogen and oxygen atoms in total. The second-order valence-corrected chi connectivity index (χ2v) is 11.0. The van der Waals surface area contributed by atoms with Gasteiger partial charge in [0.05, 0.1) is 5.69 Å². The SMILES string of the molecule is NCCCCCc1nnc(-c2ccc(NC(=O)c3ccc(CN(C(=O)c4ccc5c(c4)OCC(=O)N5)C4CC4)cc3)cc2)o1. The maximum atomic E-state index is 13.4. The summed E-state index contributed by atoms with van der Waals surface area (Å²) >= 11 is 0. The van der Waals surface area contributed by atoms with E-state index in [9.17, 15) is 14.4 Å². The lowest BCUT2D eigenvalue weighted by Gasteiger charge is -2.24. The van der Waals surface area contributed by atoms with Crippen LogP contribution in [0.4, 0.5) is 11.4 Å². The number of hydrogen-bond acceptors (Lipinski definition) is 8. The summed E-state index contributed by atoms with van der Waals surface area (Å²) in [5, 5.41) is 13.9. The van der Waals surface area contributed by atoms with Crippen LogP contribution in [-0.2, 0) is 17.8 Å². The van der Waals surface area contributed by atoms with E-state index in [0.717, 1.165) is 49.7 Å². The Morgan fingerprint density at radius 3 is 2.48 bits per heavy atom. The van der Waals surface area contributed by atoms with Gasteiger partial charge in [-0.1, -0.05) is 18.6 Å². The third-order valence-corrected chi connectivity index (χ3v) is 7.63. The molecule has 1 aliphatic carbocycles. The number of benzene rings is 3. The van der Waals surface area contributed by atoms with Crippen LogP contribution in [0.25, 0.3) is 11.5 Å². The standard InChI is InChI=1S/C33H34N6O5/c34-17-3-1-2-4-30-37-38-32(44-30)23-9-12-25(13-10-23)35-31(41)22-7-5-21(6-8-22)19-39(26-14-15-26)33(42)24-11-16-27-28(18-24)43-20-29(40)36-27/h5-13,16,18,26H,1-4,14-15,17,19-20,34H2,(H,35,41)(H,36,40). The Kier molecular flexibility index (Phi) is 8.64. The molecule has 0 spiro atoms. The first kappa shape index (κ1) is 29.1. The molecule has 0 radical (unpaired) electrons. The number of ether oxygens (including phenoxy) is 1. The lowest BCUT2D eigenvalue weighted by atomic mass is 10.1. The zero-order valence-corrected chi connectivity index (χ0v) is 24.3. The smallest absolute Gasteiger partial charge is 0.262 e. The molecule has 11 heteroatoms. The van der Waals surface area contributed by atoms with E-state index in [4.69, 9.17) is 14.9 Å². The molecule has 4 aromatic rings. The fourth-order valence-electron chi connectivity index (χ4n) is 5.05. The average Bonchev–Trinajstić information content (AvgIpc) is 3.78. The second-order valence-electron chi connectivity index (χ2n) is 11.0. The van der Waals surface area contributed by atoms with Crippen molar-refractivity contribution in [1.29, 1.82) is 0 Å². The molecule has 226 valence electrons. The molecular weight excluding hydrogens is 560 g/mol. The summed E-state index contributed by atoms with van der Waals surface area (Å²) < 4.78 is 11.3. The van der Waals surface area contributed by atoms with Crippen LogP contribution in [0.3, 0.4) is 0 Å². The van der Waals surface area contributed by atoms with Crippen molar-refractivity contribution in [3.05, 3.63) is 89.3 Å². The van der Waals surface area contributed by atoms with Gasteiger partial charge in [0.2, 0.25) is 11.8 Å². The zero-order valence-electron chi connectivity index (χ0n) is 24.3. The minimum Gasteiger partial charge on any atom is -0.482 e. The van der Waals surface area contributed by atoms with Crippen molar-refractivity contribution in [2.75, 3.05) is 23.8 Å². The number of aryl methyl sites for hydroxylation is 1. The number of aromatic nitrogens is 2. The van der Waals surface area contributed by atoms with Crippen LogP contribution < -0.4 is 21.1 Å². The predicted molar refractivity (Wildman–Crippen MR) is 164 cm³/mol. The van der Waals surface area contributed by atoms with Crippen LogP contribution in [0.2, 0.25) is 0 Å². The summed E-state index contributed by atoms with van der Waals surface area (Å²) in [5.74, 6) is 0.986. The van der Waals surface area contributed by atoms with E-state index in [1.54, 1.807) is 42.5 Å². The van der Waals surface area contributed by atoms with Crippen LogP contribution in [-0.4, -0.2) is 52.0 Å². The summed E-state index contributed by atoms with van der Waals surface area (Å²) in [5.41, 5.74) is 9.45. The van der Waals surface area contributed by atoms with Crippen molar-refractivity contribution < 1.29 is 23.5 Å². The molecule has 2 heterocycles. The van der Waals surface area contributed by atoms with Gasteiger partial charge in [-0.15, -0.1) is 10.2 Å². The molecule has 4 N–H and O–H groups in total. The first-order chi connectivity index (χ1) is 21.5. The molecule has 2 aliphatic rings. The third-order valence-electron chi connectivity index (χ3n) is 7.63. The van der Waals surface area contributed by atoms with Crippen molar-refractivity contribution in [1.82, 2.24) is 15.1 Å². The fourth-order valence-corrected chi connectivity index (χ4v) is 5.05. The summed E-state index contributed by atoms with van der Waals surface area (Å²) in [6, 6.07) is 19.8. The molecule has 1 aliphatic heterocycles. The molecule has 44 heavy (non-hydrogen) atoms. The summed E-state index contributed by atoms with van der Waals surface area (Å²) in [6.45, 7) is 1.04. The van der Waals surface area contributed by atoms with E-state index >= 15 is 0 Å². The van der Waals surface area contributed by atoms with Gasteiger partial charge in [0.1, 0.15) is 5.75 Å². The topological polar surface area (TPSA) is 153 Å². The van der Waals surface area contributed by atoms with Gasteiger partial charge in [0.15, 0.2) is 6.61 Å². The van der Waals surface area contributed by atoms with Crippen LogP contribution in [0, 0.1) is 0 Å². The number of unbranched alkanes of at least 4 members (excludes halogenated alkanes) is 2. The number of carbonyl (C=O) groups is 3. The van der Waals surface area contributed by atoms with E-state index in [1.807, 2.05) is 29.2 Å². The molecule has 1 aromatic heterocycles. The maximum absolute atomic E-state index is 13.4. The van der Waals surface area contributed by atoms with Crippen molar-refractivity contribution in [2.45, 2.75) is 51.1 Å². The molecule has 3 aromatic carbocycles. The van der Waals surface area contributed by atoms with Crippen LogP contribution in [0.1, 0.15) is 64.3 Å². The van der Waals surface area contributed by atoms with Gasteiger partial charge in [0, 0.05) is 41.4 Å². The Morgan fingerprint density at radius 2 is 1.73 bits per heavy atom. The molecule has 6 rings (SSSR count). The summed E-state index contributed by atoms with van der Waals surface area (Å²) in [4.78, 5) is 39.8. The normalized spacial score (nSPS) is 13.9. The van der Waals surface area contributed by atoms with E-state index in [2.05, 4.69) is 20.8 Å². The van der Waals surface area contributed by atoms with Crippen LogP contribution in [0.15, 0.2) is 71.1 Å².